The normalized spacial score (nSPS) is 25.0. The van der Waals surface area contributed by atoms with Crippen LogP contribution in [0, 0.1) is 17.0 Å². The van der Waals surface area contributed by atoms with E-state index in [-0.39, 0.29) is 11.8 Å². The van der Waals surface area contributed by atoms with Crippen molar-refractivity contribution in [3.05, 3.63) is 59.4 Å². The van der Waals surface area contributed by atoms with E-state index in [2.05, 4.69) is 10.2 Å². The number of aromatic amines is 1. The van der Waals surface area contributed by atoms with Crippen molar-refractivity contribution in [1.29, 1.82) is 0 Å². The Morgan fingerprint density at radius 1 is 1.21 bits per heavy atom. The highest BCUT2D eigenvalue weighted by Gasteiger charge is 2.49. The number of rotatable bonds is 4. The van der Waals surface area contributed by atoms with E-state index in [1.165, 1.54) is 6.07 Å². The maximum Gasteiger partial charge on any atom is 0.309 e. The van der Waals surface area contributed by atoms with Crippen molar-refractivity contribution in [2.24, 2.45) is 5.41 Å². The van der Waals surface area contributed by atoms with E-state index >= 15 is 0 Å². The van der Waals surface area contributed by atoms with Crippen LogP contribution in [0.1, 0.15) is 55.7 Å². The van der Waals surface area contributed by atoms with Gasteiger partial charge < -0.3 is 14.4 Å². The molecule has 0 amide bonds. The van der Waals surface area contributed by atoms with Crippen LogP contribution in [0.15, 0.2) is 36.5 Å². The molecule has 1 aliphatic carbocycles. The first kappa shape index (κ1) is 21.3. The lowest BCUT2D eigenvalue weighted by Gasteiger charge is -2.43. The van der Waals surface area contributed by atoms with Crippen molar-refractivity contribution in [2.45, 2.75) is 44.4 Å². The highest BCUT2D eigenvalue weighted by atomic mass is 19.2. The van der Waals surface area contributed by atoms with Crippen molar-refractivity contribution in [1.82, 2.24) is 14.8 Å². The lowest BCUT2D eigenvalue weighted by atomic mass is 9.60. The van der Waals surface area contributed by atoms with E-state index in [1.807, 2.05) is 16.7 Å². The molecular formula is C26H25F2N3O3. The van der Waals surface area contributed by atoms with Crippen LogP contribution in [-0.2, 0) is 9.53 Å². The van der Waals surface area contributed by atoms with E-state index in [1.54, 1.807) is 19.2 Å². The molecule has 1 saturated carbocycles. The quantitative estimate of drug-likeness (QED) is 0.408. The number of benzene rings is 2. The molecule has 1 saturated heterocycles. The number of ether oxygens (including phenoxy) is 1. The summed E-state index contributed by atoms with van der Waals surface area (Å²) in [4.78, 5) is 11.9. The van der Waals surface area contributed by atoms with Crippen molar-refractivity contribution < 1.29 is 23.4 Å². The molecular weight excluding hydrogens is 440 g/mol. The number of nitrogens with zero attached hydrogens (tertiary/aromatic N) is 2. The van der Waals surface area contributed by atoms with E-state index in [0.29, 0.717) is 31.7 Å². The zero-order chi connectivity index (χ0) is 23.6. The standard InChI is InChI=1S/C26H25F2N3O3/c1-26(25(32)33)10-16(11-26)23-18-9-21-15(12-29-30-21)7-22(18)31(17-4-5-19(27)20(28)8-17)24(23)14-3-2-6-34-13-14/h4-5,7-9,12,14,16H,2-3,6,10-11,13H2,1H3,(H,29,30)(H,32,33)/t14?,16-,26-. The SMILES string of the molecule is C[C@]1(C(=O)O)C[C@H](c2c(C3CCCOC3)n(-c3ccc(F)c(F)c3)c3cc4cn[nH]c4cc32)C1. The number of fused-ring (bicyclic) bond motifs is 2. The number of aromatic nitrogens is 3. The number of carboxylic acids is 1. The summed E-state index contributed by atoms with van der Waals surface area (Å²) in [5.41, 5.74) is 3.63. The molecule has 34 heavy (non-hydrogen) atoms. The average molecular weight is 466 g/mol. The van der Waals surface area contributed by atoms with Gasteiger partial charge in [-0.05, 0) is 68.4 Å². The van der Waals surface area contributed by atoms with Gasteiger partial charge in [-0.25, -0.2) is 8.78 Å². The molecule has 0 spiro atoms. The van der Waals surface area contributed by atoms with E-state index in [0.717, 1.165) is 52.0 Å². The molecule has 3 heterocycles. The molecule has 1 atom stereocenters. The molecule has 6 nitrogen and oxygen atoms in total. The molecule has 2 N–H and O–H groups in total. The molecule has 0 bridgehead atoms. The number of H-pyrrole nitrogens is 1. The Morgan fingerprint density at radius 2 is 2.03 bits per heavy atom. The number of hydrogen-bond donors (Lipinski definition) is 2. The van der Waals surface area contributed by atoms with Crippen molar-refractivity contribution in [3.63, 3.8) is 0 Å². The summed E-state index contributed by atoms with van der Waals surface area (Å²) < 4.78 is 36.1. The Labute approximate surface area is 194 Å². The number of nitrogens with one attached hydrogen (secondary N) is 1. The third-order valence-corrected chi connectivity index (χ3v) is 7.63. The van der Waals surface area contributed by atoms with Crippen LogP contribution in [0.5, 0.6) is 0 Å². The highest BCUT2D eigenvalue weighted by molar-refractivity contribution is 5.99. The second-order valence-electron chi connectivity index (χ2n) is 9.94. The van der Waals surface area contributed by atoms with E-state index < -0.39 is 23.0 Å². The summed E-state index contributed by atoms with van der Waals surface area (Å²) in [7, 11) is 0. The first-order valence-corrected chi connectivity index (χ1v) is 11.6. The second kappa shape index (κ2) is 7.63. The van der Waals surface area contributed by atoms with Gasteiger partial charge in [0, 0.05) is 40.7 Å². The molecule has 176 valence electrons. The van der Waals surface area contributed by atoms with Crippen LogP contribution in [0.3, 0.4) is 0 Å². The van der Waals surface area contributed by atoms with Gasteiger partial charge in [0.2, 0.25) is 0 Å². The van der Waals surface area contributed by atoms with Gasteiger partial charge in [0.05, 0.1) is 29.3 Å². The Bertz CT molecular complexity index is 1430. The van der Waals surface area contributed by atoms with Gasteiger partial charge in [0.25, 0.3) is 0 Å². The fourth-order valence-corrected chi connectivity index (χ4v) is 5.87. The maximum absolute atomic E-state index is 14.4. The Balaban J connectivity index is 1.65. The van der Waals surface area contributed by atoms with Gasteiger partial charge >= 0.3 is 5.97 Å². The Hall–Kier alpha value is -3.26. The molecule has 6 rings (SSSR count). The largest absolute Gasteiger partial charge is 0.481 e. The summed E-state index contributed by atoms with van der Waals surface area (Å²) in [6, 6.07) is 8.04. The van der Waals surface area contributed by atoms with Gasteiger partial charge in [0.1, 0.15) is 0 Å². The number of carboxylic acid groups (broad SMARTS) is 1. The fraction of sp³-hybridized carbons (Fsp3) is 0.385. The molecule has 2 aromatic carbocycles. The van der Waals surface area contributed by atoms with E-state index in [4.69, 9.17) is 4.74 Å². The van der Waals surface area contributed by atoms with E-state index in [9.17, 15) is 18.7 Å². The minimum absolute atomic E-state index is 0.0486. The predicted octanol–water partition coefficient (Wildman–Crippen LogP) is 5.65. The van der Waals surface area contributed by atoms with Crippen molar-refractivity contribution in [3.8, 4) is 5.69 Å². The predicted molar refractivity (Wildman–Crippen MR) is 123 cm³/mol. The molecule has 1 aliphatic heterocycles. The highest BCUT2D eigenvalue weighted by Crippen LogP contribution is 2.55. The minimum atomic E-state index is -0.904. The van der Waals surface area contributed by atoms with Crippen molar-refractivity contribution in [2.75, 3.05) is 13.2 Å². The van der Waals surface area contributed by atoms with Crippen LogP contribution in [0.4, 0.5) is 8.78 Å². The second-order valence-corrected chi connectivity index (χ2v) is 9.94. The fourth-order valence-electron chi connectivity index (χ4n) is 5.87. The van der Waals surface area contributed by atoms with Crippen LogP contribution in [-0.4, -0.2) is 39.1 Å². The molecule has 2 aromatic heterocycles. The zero-order valence-corrected chi connectivity index (χ0v) is 18.8. The number of halogens is 2. The van der Waals surface area contributed by atoms with Crippen LogP contribution in [0.2, 0.25) is 0 Å². The summed E-state index contributed by atoms with van der Waals surface area (Å²) in [5.74, 6) is -2.47. The first-order valence-electron chi connectivity index (χ1n) is 11.6. The van der Waals surface area contributed by atoms with Crippen LogP contribution < -0.4 is 0 Å². The molecule has 4 aromatic rings. The lowest BCUT2D eigenvalue weighted by Crippen LogP contribution is -2.40. The first-order chi connectivity index (χ1) is 16.4. The number of aliphatic carboxylic acids is 1. The average Bonchev–Trinajstić information content (AvgIpc) is 3.39. The third-order valence-electron chi connectivity index (χ3n) is 7.63. The number of carbonyl (C=O) groups is 1. The van der Waals surface area contributed by atoms with Gasteiger partial charge in [-0.1, -0.05) is 0 Å². The number of hydrogen-bond acceptors (Lipinski definition) is 3. The van der Waals surface area contributed by atoms with Gasteiger partial charge in [-0.3, -0.25) is 9.89 Å². The van der Waals surface area contributed by atoms with Gasteiger partial charge in [-0.2, -0.15) is 5.10 Å². The zero-order valence-electron chi connectivity index (χ0n) is 18.8. The molecule has 2 aliphatic rings. The maximum atomic E-state index is 14.4. The smallest absolute Gasteiger partial charge is 0.309 e. The van der Waals surface area contributed by atoms with Crippen molar-refractivity contribution >= 4 is 27.8 Å². The van der Waals surface area contributed by atoms with Crippen LogP contribution >= 0.6 is 0 Å². The summed E-state index contributed by atoms with van der Waals surface area (Å²) in [6.45, 7) is 3.03. The summed E-state index contributed by atoms with van der Waals surface area (Å²) in [5, 5.41) is 18.8. The molecule has 0 radical (unpaired) electrons. The third kappa shape index (κ3) is 3.15. The molecule has 1 unspecified atom stereocenters. The Morgan fingerprint density at radius 3 is 2.74 bits per heavy atom. The summed E-state index contributed by atoms with van der Waals surface area (Å²) in [6.07, 6.45) is 4.62. The lowest BCUT2D eigenvalue weighted by molar-refractivity contribution is -0.154. The topological polar surface area (TPSA) is 80.1 Å². The molecule has 8 heteroatoms. The summed E-state index contributed by atoms with van der Waals surface area (Å²) >= 11 is 0. The van der Waals surface area contributed by atoms with Crippen LogP contribution in [0.25, 0.3) is 27.5 Å². The van der Waals surface area contributed by atoms with Gasteiger partial charge in [0.15, 0.2) is 11.6 Å². The minimum Gasteiger partial charge on any atom is -0.481 e. The molecule has 2 fully saturated rings. The van der Waals surface area contributed by atoms with Gasteiger partial charge in [-0.15, -0.1) is 0 Å². The monoisotopic (exact) mass is 465 g/mol. The Kier molecular flexibility index (Phi) is 4.78.